The predicted octanol–water partition coefficient (Wildman–Crippen LogP) is 2.56. The van der Waals surface area contributed by atoms with Crippen LogP contribution in [-0.4, -0.2) is 39.5 Å². The van der Waals surface area contributed by atoms with E-state index in [-0.39, 0.29) is 12.1 Å². The summed E-state index contributed by atoms with van der Waals surface area (Å²) < 4.78 is 7.47. The lowest BCUT2D eigenvalue weighted by Gasteiger charge is -2.30. The molecule has 0 bridgehead atoms. The number of urea groups is 1. The third kappa shape index (κ3) is 3.99. The van der Waals surface area contributed by atoms with Gasteiger partial charge in [-0.15, -0.1) is 0 Å². The Morgan fingerprint density at radius 2 is 2.20 bits per heavy atom. The highest BCUT2D eigenvalue weighted by Crippen LogP contribution is 2.38. The van der Waals surface area contributed by atoms with Gasteiger partial charge in [-0.05, 0) is 43.7 Å². The Kier molecular flexibility index (Phi) is 4.40. The van der Waals surface area contributed by atoms with Crippen LogP contribution in [0.4, 0.5) is 10.5 Å². The molecular weight excluding hydrogens is 318 g/mol. The largest absolute Gasteiger partial charge is 0.378 e. The highest BCUT2D eigenvalue weighted by molar-refractivity contribution is 5.90. The highest BCUT2D eigenvalue weighted by atomic mass is 16.5. The molecule has 2 unspecified atom stereocenters. The summed E-state index contributed by atoms with van der Waals surface area (Å²) in [6.07, 6.45) is 6.28. The Morgan fingerprint density at radius 3 is 2.96 bits per heavy atom. The van der Waals surface area contributed by atoms with Gasteiger partial charge in [-0.2, -0.15) is 5.10 Å². The third-order valence-electron chi connectivity index (χ3n) is 4.78. The lowest BCUT2D eigenvalue weighted by atomic mass is 10.0. The molecule has 1 aliphatic heterocycles. The van der Waals surface area contributed by atoms with E-state index in [1.165, 1.54) is 12.8 Å². The number of carbonyl (C=O) groups is 1. The average molecular weight is 341 g/mol. The van der Waals surface area contributed by atoms with Gasteiger partial charge in [0, 0.05) is 30.9 Å². The molecule has 2 aromatic rings. The highest BCUT2D eigenvalue weighted by Gasteiger charge is 2.36. The first kappa shape index (κ1) is 16.1. The van der Waals surface area contributed by atoms with Crippen molar-refractivity contribution in [1.82, 2.24) is 20.1 Å². The van der Waals surface area contributed by atoms with E-state index in [0.717, 1.165) is 30.7 Å². The van der Waals surface area contributed by atoms with Gasteiger partial charge in [0.15, 0.2) is 5.82 Å². The number of nitrogens with one attached hydrogen (secondary N) is 2. The molecule has 1 saturated heterocycles. The van der Waals surface area contributed by atoms with Gasteiger partial charge in [0.2, 0.25) is 0 Å². The number of aryl methyl sites for hydroxylation is 1. The van der Waals surface area contributed by atoms with Gasteiger partial charge in [0.05, 0.1) is 6.10 Å². The van der Waals surface area contributed by atoms with Crippen LogP contribution in [0, 0.1) is 5.92 Å². The van der Waals surface area contributed by atoms with Crippen LogP contribution in [0.2, 0.25) is 0 Å². The molecule has 2 fully saturated rings. The molecular formula is C18H23N5O2. The molecule has 2 heterocycles. The Morgan fingerprint density at radius 1 is 1.32 bits per heavy atom. The van der Waals surface area contributed by atoms with Crippen LogP contribution in [0.25, 0.3) is 11.4 Å². The van der Waals surface area contributed by atoms with Crippen molar-refractivity contribution in [2.75, 3.05) is 11.9 Å². The molecule has 2 aliphatic rings. The zero-order chi connectivity index (χ0) is 17.2. The van der Waals surface area contributed by atoms with Gasteiger partial charge in [-0.25, -0.2) is 9.78 Å². The van der Waals surface area contributed by atoms with Crippen molar-refractivity contribution in [3.63, 3.8) is 0 Å². The van der Waals surface area contributed by atoms with Crippen molar-refractivity contribution < 1.29 is 9.53 Å². The monoisotopic (exact) mass is 341 g/mol. The minimum absolute atomic E-state index is 0.174. The topological polar surface area (TPSA) is 81.1 Å². The van der Waals surface area contributed by atoms with Crippen LogP contribution in [0.3, 0.4) is 0 Å². The number of amides is 2. The maximum absolute atomic E-state index is 12.3. The molecule has 0 spiro atoms. The van der Waals surface area contributed by atoms with E-state index in [9.17, 15) is 4.79 Å². The summed E-state index contributed by atoms with van der Waals surface area (Å²) in [6.45, 7) is 0.729. The van der Waals surface area contributed by atoms with E-state index < -0.39 is 0 Å². The van der Waals surface area contributed by atoms with Crippen molar-refractivity contribution >= 4 is 11.7 Å². The Bertz CT molecular complexity index is 755. The first-order valence-corrected chi connectivity index (χ1v) is 8.82. The van der Waals surface area contributed by atoms with Crippen LogP contribution < -0.4 is 10.6 Å². The van der Waals surface area contributed by atoms with Crippen LogP contribution in [0.15, 0.2) is 30.6 Å². The molecule has 132 valence electrons. The molecule has 4 rings (SSSR count). The molecule has 2 atom stereocenters. The number of nitrogens with zero attached hydrogens (tertiary/aromatic N) is 3. The normalized spacial score (nSPS) is 23.2. The first-order valence-electron chi connectivity index (χ1n) is 8.82. The smallest absolute Gasteiger partial charge is 0.319 e. The van der Waals surface area contributed by atoms with Gasteiger partial charge in [-0.1, -0.05) is 12.1 Å². The summed E-state index contributed by atoms with van der Waals surface area (Å²) in [5.74, 6) is 1.35. The summed E-state index contributed by atoms with van der Waals surface area (Å²) in [6, 6.07) is 7.57. The van der Waals surface area contributed by atoms with E-state index in [4.69, 9.17) is 4.74 Å². The van der Waals surface area contributed by atoms with Crippen LogP contribution >= 0.6 is 0 Å². The molecule has 1 saturated carbocycles. The summed E-state index contributed by atoms with van der Waals surface area (Å²) in [7, 11) is 1.83. The standard InChI is InChI=1S/C18H23N5O2/c1-23-11-19-17(22-23)13-3-2-4-14(9-13)20-18(24)21-15-7-8-25-16(10-15)12-5-6-12/h2-4,9,11-12,15-16H,5-8,10H2,1H3,(H2,20,21,24). The minimum Gasteiger partial charge on any atom is -0.378 e. The van der Waals surface area contributed by atoms with Crippen LogP contribution in [0.1, 0.15) is 25.7 Å². The van der Waals surface area contributed by atoms with E-state index in [1.54, 1.807) is 11.0 Å². The number of ether oxygens (including phenoxy) is 1. The molecule has 7 heteroatoms. The quantitative estimate of drug-likeness (QED) is 0.895. The zero-order valence-corrected chi connectivity index (χ0v) is 14.3. The summed E-state index contributed by atoms with van der Waals surface area (Å²) in [5, 5.41) is 10.3. The van der Waals surface area contributed by atoms with Gasteiger partial charge in [0.25, 0.3) is 0 Å². The van der Waals surface area contributed by atoms with E-state index >= 15 is 0 Å². The second kappa shape index (κ2) is 6.84. The SMILES string of the molecule is Cn1cnc(-c2cccc(NC(=O)NC3CCOC(C4CC4)C3)c2)n1. The van der Waals surface area contributed by atoms with Crippen molar-refractivity contribution in [3.05, 3.63) is 30.6 Å². The molecule has 2 amide bonds. The Hall–Kier alpha value is -2.41. The lowest BCUT2D eigenvalue weighted by Crippen LogP contribution is -2.44. The molecule has 0 radical (unpaired) electrons. The van der Waals surface area contributed by atoms with E-state index in [1.807, 2.05) is 31.3 Å². The fourth-order valence-corrected chi connectivity index (χ4v) is 3.32. The Balaban J connectivity index is 1.36. The first-order chi connectivity index (χ1) is 12.2. The fourth-order valence-electron chi connectivity index (χ4n) is 3.32. The molecule has 25 heavy (non-hydrogen) atoms. The number of aromatic nitrogens is 3. The molecule has 2 N–H and O–H groups in total. The molecule has 7 nitrogen and oxygen atoms in total. The van der Waals surface area contributed by atoms with E-state index in [2.05, 4.69) is 20.7 Å². The summed E-state index contributed by atoms with van der Waals surface area (Å²) in [5.41, 5.74) is 1.60. The van der Waals surface area contributed by atoms with Crippen LogP contribution in [0.5, 0.6) is 0 Å². The molecule has 1 aliphatic carbocycles. The maximum atomic E-state index is 12.3. The van der Waals surface area contributed by atoms with Gasteiger partial charge in [-0.3, -0.25) is 4.68 Å². The minimum atomic E-state index is -0.174. The number of anilines is 1. The van der Waals surface area contributed by atoms with Crippen molar-refractivity contribution in [1.29, 1.82) is 0 Å². The zero-order valence-electron chi connectivity index (χ0n) is 14.3. The number of hydrogen-bond donors (Lipinski definition) is 2. The van der Waals surface area contributed by atoms with E-state index in [0.29, 0.717) is 17.8 Å². The average Bonchev–Trinajstić information content (AvgIpc) is 3.36. The van der Waals surface area contributed by atoms with Crippen molar-refractivity contribution in [2.45, 2.75) is 37.8 Å². The van der Waals surface area contributed by atoms with Gasteiger partial charge in [0.1, 0.15) is 6.33 Å². The molecule has 1 aromatic carbocycles. The summed E-state index contributed by atoms with van der Waals surface area (Å²) in [4.78, 5) is 16.6. The number of benzene rings is 1. The van der Waals surface area contributed by atoms with Gasteiger partial charge < -0.3 is 15.4 Å². The van der Waals surface area contributed by atoms with Gasteiger partial charge >= 0.3 is 6.03 Å². The number of carbonyl (C=O) groups excluding carboxylic acids is 1. The van der Waals surface area contributed by atoms with Crippen molar-refractivity contribution in [2.24, 2.45) is 13.0 Å². The number of rotatable bonds is 4. The lowest BCUT2D eigenvalue weighted by molar-refractivity contribution is -0.00889. The predicted molar refractivity (Wildman–Crippen MR) is 94.1 cm³/mol. The second-order valence-corrected chi connectivity index (χ2v) is 6.89. The summed E-state index contributed by atoms with van der Waals surface area (Å²) >= 11 is 0. The fraction of sp³-hybridized carbons (Fsp3) is 0.500. The van der Waals surface area contributed by atoms with Crippen molar-refractivity contribution in [3.8, 4) is 11.4 Å². The second-order valence-electron chi connectivity index (χ2n) is 6.89. The Labute approximate surface area is 146 Å². The molecule has 1 aromatic heterocycles. The van der Waals surface area contributed by atoms with Crippen LogP contribution in [-0.2, 0) is 11.8 Å². The maximum Gasteiger partial charge on any atom is 0.319 e. The number of hydrogen-bond acceptors (Lipinski definition) is 4. The third-order valence-corrected chi connectivity index (χ3v) is 4.78.